The minimum atomic E-state index is -4.38. The molecule has 1 aromatic rings. The quantitative estimate of drug-likeness (QED) is 0.915. The summed E-state index contributed by atoms with van der Waals surface area (Å²) >= 11 is 0. The maximum atomic E-state index is 12.9. The average molecular weight is 338 g/mol. The molecule has 1 saturated heterocycles. The van der Waals surface area contributed by atoms with E-state index in [9.17, 15) is 18.0 Å². The van der Waals surface area contributed by atoms with Gasteiger partial charge in [-0.05, 0) is 43.7 Å². The Morgan fingerprint density at radius 1 is 1.21 bits per heavy atom. The molecular formula is C18H21F3N2O. The molecule has 1 N–H and O–H groups in total. The van der Waals surface area contributed by atoms with Gasteiger partial charge in [-0.1, -0.05) is 18.2 Å². The maximum absolute atomic E-state index is 12.9. The molecule has 2 aliphatic carbocycles. The SMILES string of the molecule is O=C(N[C@@H]1CCN(C2CC2)C1)C1(c2cccc(C(F)(F)F)c2)CC1. The Kier molecular flexibility index (Phi) is 3.64. The summed E-state index contributed by atoms with van der Waals surface area (Å²) in [6, 6.07) is 6.05. The van der Waals surface area contributed by atoms with Crippen molar-refractivity contribution in [2.45, 2.75) is 55.8 Å². The number of rotatable bonds is 4. The van der Waals surface area contributed by atoms with E-state index >= 15 is 0 Å². The third-order valence-electron chi connectivity index (χ3n) is 5.55. The highest BCUT2D eigenvalue weighted by Gasteiger charge is 2.52. The van der Waals surface area contributed by atoms with Gasteiger partial charge in [0.05, 0.1) is 11.0 Å². The van der Waals surface area contributed by atoms with E-state index in [0.717, 1.165) is 31.6 Å². The summed E-state index contributed by atoms with van der Waals surface area (Å²) in [5.41, 5.74) is -0.944. The van der Waals surface area contributed by atoms with Crippen molar-refractivity contribution in [2.75, 3.05) is 13.1 Å². The van der Waals surface area contributed by atoms with Crippen LogP contribution in [0, 0.1) is 0 Å². The zero-order valence-electron chi connectivity index (χ0n) is 13.4. The smallest absolute Gasteiger partial charge is 0.351 e. The van der Waals surface area contributed by atoms with Crippen molar-refractivity contribution in [3.63, 3.8) is 0 Å². The fourth-order valence-electron chi connectivity index (χ4n) is 3.77. The van der Waals surface area contributed by atoms with Crippen LogP contribution < -0.4 is 5.32 Å². The van der Waals surface area contributed by atoms with Crippen LogP contribution >= 0.6 is 0 Å². The Morgan fingerprint density at radius 3 is 2.58 bits per heavy atom. The van der Waals surface area contributed by atoms with Crippen LogP contribution in [0.5, 0.6) is 0 Å². The largest absolute Gasteiger partial charge is 0.416 e. The van der Waals surface area contributed by atoms with E-state index in [1.165, 1.54) is 18.9 Å². The lowest BCUT2D eigenvalue weighted by Gasteiger charge is -2.21. The number of carbonyl (C=O) groups excluding carboxylic acids is 1. The first-order chi connectivity index (χ1) is 11.4. The number of nitrogens with zero attached hydrogens (tertiary/aromatic N) is 1. The van der Waals surface area contributed by atoms with Crippen molar-refractivity contribution in [3.05, 3.63) is 35.4 Å². The van der Waals surface area contributed by atoms with Gasteiger partial charge in [0.15, 0.2) is 0 Å². The van der Waals surface area contributed by atoms with Crippen LogP contribution in [0.2, 0.25) is 0 Å². The predicted molar refractivity (Wildman–Crippen MR) is 83.5 cm³/mol. The van der Waals surface area contributed by atoms with Crippen LogP contribution in [-0.4, -0.2) is 36.0 Å². The zero-order valence-corrected chi connectivity index (χ0v) is 13.4. The highest BCUT2D eigenvalue weighted by molar-refractivity contribution is 5.91. The second-order valence-electron chi connectivity index (χ2n) is 7.35. The minimum Gasteiger partial charge on any atom is -0.351 e. The van der Waals surface area contributed by atoms with Gasteiger partial charge in [0.25, 0.3) is 0 Å². The summed E-state index contributed by atoms with van der Waals surface area (Å²) in [5, 5.41) is 3.09. The average Bonchev–Trinajstić information content (AvgIpc) is 3.46. The molecule has 3 fully saturated rings. The molecule has 1 aliphatic heterocycles. The summed E-state index contributed by atoms with van der Waals surface area (Å²) in [5.74, 6) is -0.107. The van der Waals surface area contributed by atoms with Crippen molar-refractivity contribution in [2.24, 2.45) is 0 Å². The first-order valence-electron chi connectivity index (χ1n) is 8.61. The zero-order chi connectivity index (χ0) is 16.9. The Morgan fingerprint density at radius 2 is 1.96 bits per heavy atom. The number of hydrogen-bond acceptors (Lipinski definition) is 2. The van der Waals surface area contributed by atoms with Crippen LogP contribution in [0.3, 0.4) is 0 Å². The number of carbonyl (C=O) groups is 1. The van der Waals surface area contributed by atoms with Crippen molar-refractivity contribution < 1.29 is 18.0 Å². The standard InChI is InChI=1S/C18H21F3N2O/c19-18(20,21)13-3-1-2-12(10-13)17(7-8-17)16(24)22-14-6-9-23(11-14)15-4-5-15/h1-3,10,14-15H,4-9,11H2,(H,22,24)/t14-/m1/s1. The van der Waals surface area contributed by atoms with E-state index in [1.54, 1.807) is 6.07 Å². The van der Waals surface area contributed by atoms with Crippen molar-refractivity contribution in [1.82, 2.24) is 10.2 Å². The maximum Gasteiger partial charge on any atom is 0.416 e. The molecule has 3 aliphatic rings. The minimum absolute atomic E-state index is 0.107. The second-order valence-corrected chi connectivity index (χ2v) is 7.35. The molecule has 0 spiro atoms. The topological polar surface area (TPSA) is 32.3 Å². The molecule has 1 aromatic carbocycles. The molecule has 0 unspecified atom stereocenters. The van der Waals surface area contributed by atoms with Gasteiger partial charge in [-0.2, -0.15) is 13.2 Å². The summed E-state index contributed by atoms with van der Waals surface area (Å²) in [4.78, 5) is 15.1. The molecule has 130 valence electrons. The molecular weight excluding hydrogens is 317 g/mol. The molecule has 0 aromatic heterocycles. The summed E-state index contributed by atoms with van der Waals surface area (Å²) in [6.07, 6.45) is 0.293. The van der Waals surface area contributed by atoms with Crippen LogP contribution in [0.15, 0.2) is 24.3 Å². The van der Waals surface area contributed by atoms with Gasteiger partial charge >= 0.3 is 6.18 Å². The van der Waals surface area contributed by atoms with Gasteiger partial charge in [-0.25, -0.2) is 0 Å². The number of amides is 1. The first kappa shape index (κ1) is 15.9. The molecule has 3 nitrogen and oxygen atoms in total. The lowest BCUT2D eigenvalue weighted by atomic mass is 9.93. The number of nitrogens with one attached hydrogen (secondary N) is 1. The van der Waals surface area contributed by atoms with Gasteiger partial charge in [0.2, 0.25) is 5.91 Å². The van der Waals surface area contributed by atoms with E-state index in [0.29, 0.717) is 24.4 Å². The van der Waals surface area contributed by atoms with Gasteiger partial charge in [-0.3, -0.25) is 9.69 Å². The summed E-state index contributed by atoms with van der Waals surface area (Å²) in [7, 11) is 0. The molecule has 2 saturated carbocycles. The Hall–Kier alpha value is -1.56. The first-order valence-corrected chi connectivity index (χ1v) is 8.61. The Labute approximate surface area is 139 Å². The van der Waals surface area contributed by atoms with Gasteiger partial charge in [0.1, 0.15) is 0 Å². The van der Waals surface area contributed by atoms with Crippen LogP contribution in [0.1, 0.15) is 43.2 Å². The number of hydrogen-bond donors (Lipinski definition) is 1. The van der Waals surface area contributed by atoms with Gasteiger partial charge < -0.3 is 5.32 Å². The van der Waals surface area contributed by atoms with Crippen LogP contribution in [0.4, 0.5) is 13.2 Å². The highest BCUT2D eigenvalue weighted by atomic mass is 19.4. The molecule has 1 atom stereocenters. The number of alkyl halides is 3. The summed E-state index contributed by atoms with van der Waals surface area (Å²) < 4.78 is 38.8. The molecule has 24 heavy (non-hydrogen) atoms. The molecule has 6 heteroatoms. The monoisotopic (exact) mass is 338 g/mol. The second kappa shape index (κ2) is 5.48. The molecule has 1 heterocycles. The van der Waals surface area contributed by atoms with E-state index in [2.05, 4.69) is 10.2 Å². The van der Waals surface area contributed by atoms with Crippen LogP contribution in [-0.2, 0) is 16.4 Å². The van der Waals surface area contributed by atoms with Crippen molar-refractivity contribution in [3.8, 4) is 0 Å². The van der Waals surface area contributed by atoms with Gasteiger partial charge in [-0.15, -0.1) is 0 Å². The fraction of sp³-hybridized carbons (Fsp3) is 0.611. The molecule has 4 rings (SSSR count). The van der Waals surface area contributed by atoms with Gasteiger partial charge in [0, 0.05) is 25.2 Å². The molecule has 1 amide bonds. The summed E-state index contributed by atoms with van der Waals surface area (Å²) in [6.45, 7) is 1.88. The Balaban J connectivity index is 1.46. The van der Waals surface area contributed by atoms with Crippen molar-refractivity contribution in [1.29, 1.82) is 0 Å². The molecule has 0 bridgehead atoms. The fourth-order valence-corrected chi connectivity index (χ4v) is 3.77. The van der Waals surface area contributed by atoms with Crippen molar-refractivity contribution >= 4 is 5.91 Å². The third-order valence-corrected chi connectivity index (χ3v) is 5.55. The number of likely N-dealkylation sites (tertiary alicyclic amines) is 1. The predicted octanol–water partition coefficient (Wildman–Crippen LogP) is 3.09. The third kappa shape index (κ3) is 2.92. The van der Waals surface area contributed by atoms with Crippen LogP contribution in [0.25, 0.3) is 0 Å². The lowest BCUT2D eigenvalue weighted by molar-refractivity contribution is -0.137. The normalized spacial score (nSPS) is 26.4. The number of halogens is 3. The van der Waals surface area contributed by atoms with E-state index < -0.39 is 17.2 Å². The molecule has 0 radical (unpaired) electrons. The van der Waals surface area contributed by atoms with E-state index in [1.807, 2.05) is 0 Å². The van der Waals surface area contributed by atoms with E-state index in [-0.39, 0.29) is 11.9 Å². The lowest BCUT2D eigenvalue weighted by Crippen LogP contribution is -2.43. The van der Waals surface area contributed by atoms with E-state index in [4.69, 9.17) is 0 Å². The Bertz CT molecular complexity index is 650. The highest BCUT2D eigenvalue weighted by Crippen LogP contribution is 2.49. The number of benzene rings is 1.